The van der Waals surface area contributed by atoms with Crippen molar-refractivity contribution in [2.24, 2.45) is 0 Å². The third-order valence-electron chi connectivity index (χ3n) is 1.94. The van der Waals surface area contributed by atoms with E-state index in [1.807, 2.05) is 6.07 Å². The quantitative estimate of drug-likeness (QED) is 0.732. The Bertz CT molecular complexity index is 590. The van der Waals surface area contributed by atoms with Crippen LogP contribution in [0.1, 0.15) is 5.56 Å². The molecule has 0 spiro atoms. The molecule has 0 bridgehead atoms. The fourth-order valence-corrected chi connectivity index (χ4v) is 2.42. The van der Waals surface area contributed by atoms with E-state index in [-0.39, 0.29) is 0 Å². The molecular weight excluding hydrogens is 299 g/mol. The maximum absolute atomic E-state index is 8.80. The van der Waals surface area contributed by atoms with Crippen LogP contribution in [0.25, 0.3) is 10.9 Å². The first kappa shape index (κ1) is 10.7. The summed E-state index contributed by atoms with van der Waals surface area (Å²) in [5.41, 5.74) is 1.04. The molecule has 0 fully saturated rings. The first-order valence-corrected chi connectivity index (χ1v) is 5.51. The molecule has 0 atom stereocenters. The molecule has 5 heteroatoms. The number of nitriles is 1. The second-order valence-corrected chi connectivity index (χ2v) is 4.55. The molecule has 0 N–H and O–H groups in total. The first-order valence-electron chi connectivity index (χ1n) is 3.97. The van der Waals surface area contributed by atoms with Crippen molar-refractivity contribution < 1.29 is 0 Å². The number of fused-ring (bicyclic) bond motifs is 1. The summed E-state index contributed by atoms with van der Waals surface area (Å²) >= 11 is 15.3. The molecule has 0 aliphatic rings. The number of halogens is 3. The zero-order chi connectivity index (χ0) is 11.0. The molecule has 1 aromatic heterocycles. The molecular formula is C10H3BrCl2N2. The molecule has 0 saturated carbocycles. The van der Waals surface area contributed by atoms with Gasteiger partial charge < -0.3 is 0 Å². The van der Waals surface area contributed by atoms with Crippen molar-refractivity contribution in [2.45, 2.75) is 0 Å². The van der Waals surface area contributed by atoms with Crippen molar-refractivity contribution in [3.8, 4) is 6.07 Å². The van der Waals surface area contributed by atoms with Gasteiger partial charge in [0, 0.05) is 21.1 Å². The Kier molecular flexibility index (Phi) is 2.83. The van der Waals surface area contributed by atoms with Gasteiger partial charge in [-0.05, 0) is 28.1 Å². The predicted octanol–water partition coefficient (Wildman–Crippen LogP) is 4.18. The van der Waals surface area contributed by atoms with Crippen LogP contribution in [-0.4, -0.2) is 4.98 Å². The minimum atomic E-state index is 0.346. The fraction of sp³-hybridized carbons (Fsp3) is 0. The zero-order valence-electron chi connectivity index (χ0n) is 7.26. The number of pyridine rings is 1. The molecule has 15 heavy (non-hydrogen) atoms. The van der Waals surface area contributed by atoms with Gasteiger partial charge in [0.2, 0.25) is 0 Å². The van der Waals surface area contributed by atoms with E-state index in [1.165, 1.54) is 6.20 Å². The predicted molar refractivity (Wildman–Crippen MR) is 64.2 cm³/mol. The van der Waals surface area contributed by atoms with Gasteiger partial charge in [0.15, 0.2) is 0 Å². The van der Waals surface area contributed by atoms with Crippen molar-refractivity contribution in [1.82, 2.24) is 4.98 Å². The van der Waals surface area contributed by atoms with Gasteiger partial charge in [-0.3, -0.25) is 4.98 Å². The van der Waals surface area contributed by atoms with Gasteiger partial charge in [0.25, 0.3) is 0 Å². The summed E-state index contributed by atoms with van der Waals surface area (Å²) < 4.78 is 0.761. The SMILES string of the molecule is N#Cc1cnc2c(Br)cc(Cl)cc2c1Cl. The summed E-state index contributed by atoms with van der Waals surface area (Å²) in [6.07, 6.45) is 1.45. The van der Waals surface area contributed by atoms with E-state index in [4.69, 9.17) is 28.5 Å². The molecule has 0 aliphatic heterocycles. The molecule has 1 heterocycles. The molecule has 2 rings (SSSR count). The van der Waals surface area contributed by atoms with Gasteiger partial charge in [-0.15, -0.1) is 0 Å². The van der Waals surface area contributed by atoms with Gasteiger partial charge in [-0.25, -0.2) is 0 Å². The average Bonchev–Trinajstić information content (AvgIpc) is 2.19. The third kappa shape index (κ3) is 1.81. The Morgan fingerprint density at radius 3 is 2.73 bits per heavy atom. The molecule has 0 aliphatic carbocycles. The summed E-state index contributed by atoms with van der Waals surface area (Å²) in [4.78, 5) is 4.14. The second kappa shape index (κ2) is 3.97. The maximum Gasteiger partial charge on any atom is 0.102 e. The highest BCUT2D eigenvalue weighted by Gasteiger charge is 2.09. The number of hydrogen-bond acceptors (Lipinski definition) is 2. The van der Waals surface area contributed by atoms with Crippen molar-refractivity contribution in [2.75, 3.05) is 0 Å². The van der Waals surface area contributed by atoms with Crippen LogP contribution in [0.4, 0.5) is 0 Å². The lowest BCUT2D eigenvalue weighted by Gasteiger charge is -2.04. The van der Waals surface area contributed by atoms with Gasteiger partial charge in [0.05, 0.1) is 16.1 Å². The maximum atomic E-state index is 8.80. The molecule has 2 nitrogen and oxygen atoms in total. The van der Waals surface area contributed by atoms with Crippen LogP contribution in [0.15, 0.2) is 22.8 Å². The van der Waals surface area contributed by atoms with Crippen molar-refractivity contribution in [1.29, 1.82) is 5.26 Å². The minimum absolute atomic E-state index is 0.346. The fourth-order valence-electron chi connectivity index (χ4n) is 1.27. The molecule has 0 unspecified atom stereocenters. The monoisotopic (exact) mass is 300 g/mol. The summed E-state index contributed by atoms with van der Waals surface area (Å²) in [7, 11) is 0. The second-order valence-electron chi connectivity index (χ2n) is 2.88. The topological polar surface area (TPSA) is 36.7 Å². The molecule has 0 radical (unpaired) electrons. The van der Waals surface area contributed by atoms with Crippen LogP contribution in [0, 0.1) is 11.3 Å². The van der Waals surface area contributed by atoms with E-state index in [1.54, 1.807) is 12.1 Å². The standard InChI is InChI=1S/C10H3BrCl2N2/c11-8-2-6(12)1-7-9(13)5(3-14)4-15-10(7)8/h1-2,4H. The Hall–Kier alpha value is -0.820. The zero-order valence-corrected chi connectivity index (χ0v) is 10.4. The number of nitrogens with zero attached hydrogens (tertiary/aromatic N) is 2. The normalized spacial score (nSPS) is 10.3. The van der Waals surface area contributed by atoms with E-state index < -0.39 is 0 Å². The third-order valence-corrected chi connectivity index (χ3v) is 3.17. The van der Waals surface area contributed by atoms with E-state index in [9.17, 15) is 0 Å². The molecule has 2 aromatic rings. The molecule has 74 valence electrons. The molecule has 0 saturated heterocycles. The average molecular weight is 302 g/mol. The van der Waals surface area contributed by atoms with E-state index in [2.05, 4.69) is 20.9 Å². The van der Waals surface area contributed by atoms with Crippen LogP contribution >= 0.6 is 39.1 Å². The molecule has 1 aromatic carbocycles. The summed E-state index contributed by atoms with van der Waals surface area (Å²) in [5, 5.41) is 10.4. The number of hydrogen-bond donors (Lipinski definition) is 0. The lowest BCUT2D eigenvalue weighted by molar-refractivity contribution is 1.36. The summed E-state index contributed by atoms with van der Waals surface area (Å²) in [5.74, 6) is 0. The van der Waals surface area contributed by atoms with Crippen LogP contribution < -0.4 is 0 Å². The van der Waals surface area contributed by atoms with Gasteiger partial charge in [-0.2, -0.15) is 5.26 Å². The Morgan fingerprint density at radius 2 is 2.07 bits per heavy atom. The van der Waals surface area contributed by atoms with Crippen LogP contribution in [0.5, 0.6) is 0 Å². The summed E-state index contributed by atoms with van der Waals surface area (Å²) in [6.45, 7) is 0. The lowest BCUT2D eigenvalue weighted by atomic mass is 10.2. The number of aromatic nitrogens is 1. The Labute approximate surface area is 105 Å². The highest BCUT2D eigenvalue weighted by molar-refractivity contribution is 9.10. The Morgan fingerprint density at radius 1 is 1.33 bits per heavy atom. The Balaban J connectivity index is 2.94. The summed E-state index contributed by atoms with van der Waals surface area (Å²) in [6, 6.07) is 5.40. The van der Waals surface area contributed by atoms with Gasteiger partial charge in [0.1, 0.15) is 6.07 Å². The van der Waals surface area contributed by atoms with Crippen molar-refractivity contribution >= 4 is 50.0 Å². The van der Waals surface area contributed by atoms with E-state index in [0.29, 0.717) is 26.5 Å². The lowest BCUT2D eigenvalue weighted by Crippen LogP contribution is -1.86. The van der Waals surface area contributed by atoms with Crippen LogP contribution in [-0.2, 0) is 0 Å². The minimum Gasteiger partial charge on any atom is -0.254 e. The van der Waals surface area contributed by atoms with Gasteiger partial charge in [-0.1, -0.05) is 23.2 Å². The smallest absolute Gasteiger partial charge is 0.102 e. The first-order chi connectivity index (χ1) is 7.13. The van der Waals surface area contributed by atoms with Gasteiger partial charge >= 0.3 is 0 Å². The number of rotatable bonds is 0. The number of benzene rings is 1. The highest BCUT2D eigenvalue weighted by atomic mass is 79.9. The van der Waals surface area contributed by atoms with E-state index in [0.717, 1.165) is 4.47 Å². The van der Waals surface area contributed by atoms with Crippen LogP contribution in [0.2, 0.25) is 10.0 Å². The van der Waals surface area contributed by atoms with E-state index >= 15 is 0 Å². The molecule has 0 amide bonds. The highest BCUT2D eigenvalue weighted by Crippen LogP contribution is 2.32. The van der Waals surface area contributed by atoms with Crippen molar-refractivity contribution in [3.05, 3.63) is 38.4 Å². The van der Waals surface area contributed by atoms with Crippen LogP contribution in [0.3, 0.4) is 0 Å². The largest absolute Gasteiger partial charge is 0.254 e. The van der Waals surface area contributed by atoms with Crippen molar-refractivity contribution in [3.63, 3.8) is 0 Å².